The van der Waals surface area contributed by atoms with E-state index in [1.807, 2.05) is 36.7 Å². The van der Waals surface area contributed by atoms with E-state index < -0.39 is 0 Å². The quantitative estimate of drug-likeness (QED) is 0.774. The van der Waals surface area contributed by atoms with Gasteiger partial charge in [0.1, 0.15) is 5.01 Å². The summed E-state index contributed by atoms with van der Waals surface area (Å²) < 4.78 is 0. The average molecular weight is 285 g/mol. The second-order valence-electron chi connectivity index (χ2n) is 4.54. The van der Waals surface area contributed by atoms with E-state index in [1.54, 1.807) is 11.3 Å². The third kappa shape index (κ3) is 2.58. The van der Waals surface area contributed by atoms with Crippen LogP contribution in [0.1, 0.15) is 27.2 Å². The van der Waals surface area contributed by atoms with Crippen LogP contribution in [0.25, 0.3) is 10.9 Å². The normalized spacial score (nSPS) is 10.8. The van der Waals surface area contributed by atoms with E-state index in [1.165, 1.54) is 4.88 Å². The average Bonchev–Trinajstić information content (AvgIpc) is 3.12. The van der Waals surface area contributed by atoms with Crippen molar-refractivity contribution in [1.82, 2.24) is 15.3 Å². The highest BCUT2D eigenvalue weighted by molar-refractivity contribution is 7.11. The molecule has 2 aromatic heterocycles. The zero-order valence-corrected chi connectivity index (χ0v) is 12.0. The molecule has 0 unspecified atom stereocenters. The highest BCUT2D eigenvalue weighted by Crippen LogP contribution is 2.15. The van der Waals surface area contributed by atoms with Crippen LogP contribution in [-0.4, -0.2) is 15.9 Å². The lowest BCUT2D eigenvalue weighted by Crippen LogP contribution is -2.22. The van der Waals surface area contributed by atoms with Crippen molar-refractivity contribution in [2.24, 2.45) is 0 Å². The Kier molecular flexibility index (Phi) is 3.52. The topological polar surface area (TPSA) is 57.8 Å². The molecule has 1 aromatic carbocycles. The van der Waals surface area contributed by atoms with Crippen molar-refractivity contribution >= 4 is 28.1 Å². The Morgan fingerprint density at radius 1 is 1.40 bits per heavy atom. The van der Waals surface area contributed by atoms with E-state index >= 15 is 0 Å². The number of aromatic nitrogens is 2. The molecule has 2 heterocycles. The predicted molar refractivity (Wildman–Crippen MR) is 81.0 cm³/mol. The number of carbonyl (C=O) groups excluding carboxylic acids is 1. The zero-order chi connectivity index (χ0) is 13.9. The van der Waals surface area contributed by atoms with E-state index in [4.69, 9.17) is 0 Å². The summed E-state index contributed by atoms with van der Waals surface area (Å²) in [6, 6.07) is 7.59. The van der Waals surface area contributed by atoms with Gasteiger partial charge >= 0.3 is 0 Å². The predicted octanol–water partition coefficient (Wildman–Crippen LogP) is 3.12. The molecule has 0 aliphatic rings. The number of benzene rings is 1. The number of hydrogen-bond donors (Lipinski definition) is 2. The molecule has 0 saturated carbocycles. The number of rotatable bonds is 4. The largest absolute Gasteiger partial charge is 0.361 e. The maximum Gasteiger partial charge on any atom is 0.251 e. The number of hydrogen-bond acceptors (Lipinski definition) is 3. The van der Waals surface area contributed by atoms with Gasteiger partial charge in [0.25, 0.3) is 5.91 Å². The van der Waals surface area contributed by atoms with Gasteiger partial charge in [0.15, 0.2) is 0 Å². The first kappa shape index (κ1) is 12.9. The second-order valence-corrected chi connectivity index (χ2v) is 5.74. The highest BCUT2D eigenvalue weighted by Gasteiger charge is 2.08. The summed E-state index contributed by atoms with van der Waals surface area (Å²) in [4.78, 5) is 20.8. The molecule has 0 saturated heterocycles. The van der Waals surface area contributed by atoms with Crippen molar-refractivity contribution < 1.29 is 4.79 Å². The van der Waals surface area contributed by atoms with Crippen molar-refractivity contribution in [3.63, 3.8) is 0 Å². The molecule has 0 bridgehead atoms. The molecule has 0 atom stereocenters. The van der Waals surface area contributed by atoms with Crippen molar-refractivity contribution in [3.8, 4) is 0 Å². The summed E-state index contributed by atoms with van der Waals surface area (Å²) in [5.41, 5.74) is 1.71. The second kappa shape index (κ2) is 5.46. The smallest absolute Gasteiger partial charge is 0.251 e. The van der Waals surface area contributed by atoms with Gasteiger partial charge in [-0.15, -0.1) is 11.3 Å². The number of carbonyl (C=O) groups is 1. The van der Waals surface area contributed by atoms with E-state index in [-0.39, 0.29) is 5.91 Å². The molecule has 3 rings (SSSR count). The summed E-state index contributed by atoms with van der Waals surface area (Å²) in [7, 11) is 0. The summed E-state index contributed by atoms with van der Waals surface area (Å²) in [5, 5.41) is 4.89. The molecule has 0 aliphatic carbocycles. The lowest BCUT2D eigenvalue weighted by atomic mass is 10.1. The van der Waals surface area contributed by atoms with Crippen LogP contribution >= 0.6 is 11.3 Å². The van der Waals surface area contributed by atoms with Crippen LogP contribution in [0, 0.1) is 0 Å². The first-order valence-electron chi connectivity index (χ1n) is 6.55. The fraction of sp³-hybridized carbons (Fsp3) is 0.200. The summed E-state index contributed by atoms with van der Waals surface area (Å²) in [5.74, 6) is -0.0682. The lowest BCUT2D eigenvalue weighted by molar-refractivity contribution is 0.0951. The molecule has 102 valence electrons. The number of amides is 1. The summed E-state index contributed by atoms with van der Waals surface area (Å²) in [6.45, 7) is 2.58. The van der Waals surface area contributed by atoms with Gasteiger partial charge in [-0.3, -0.25) is 4.79 Å². The van der Waals surface area contributed by atoms with Gasteiger partial charge in [-0.2, -0.15) is 0 Å². The number of nitrogens with zero attached hydrogens (tertiary/aromatic N) is 1. The molecule has 0 spiro atoms. The number of aromatic amines is 1. The summed E-state index contributed by atoms with van der Waals surface area (Å²) >= 11 is 1.64. The van der Waals surface area contributed by atoms with Gasteiger partial charge in [0, 0.05) is 33.7 Å². The van der Waals surface area contributed by atoms with Gasteiger partial charge < -0.3 is 10.3 Å². The Bertz CT molecular complexity index is 744. The van der Waals surface area contributed by atoms with Gasteiger partial charge in [0.05, 0.1) is 6.54 Å². The molecular formula is C15H15N3OS. The number of nitrogens with one attached hydrogen (secondary N) is 2. The van der Waals surface area contributed by atoms with E-state index in [9.17, 15) is 4.79 Å². The van der Waals surface area contributed by atoms with Gasteiger partial charge in [-0.1, -0.05) is 6.92 Å². The fourth-order valence-corrected chi connectivity index (χ4v) is 2.85. The maximum absolute atomic E-state index is 12.1. The highest BCUT2D eigenvalue weighted by atomic mass is 32.1. The lowest BCUT2D eigenvalue weighted by Gasteiger charge is -2.03. The van der Waals surface area contributed by atoms with Crippen LogP contribution in [0.15, 0.2) is 36.7 Å². The maximum atomic E-state index is 12.1. The van der Waals surface area contributed by atoms with Gasteiger partial charge in [-0.05, 0) is 30.7 Å². The standard InChI is InChI=1S/C15H15N3OS/c1-2-12-8-17-14(20-12)9-18-15(19)11-3-4-13-10(7-11)5-6-16-13/h3-8,16H,2,9H2,1H3,(H,18,19). The van der Waals surface area contributed by atoms with Gasteiger partial charge in [-0.25, -0.2) is 4.98 Å². The minimum atomic E-state index is -0.0682. The molecule has 0 fully saturated rings. The van der Waals surface area contributed by atoms with Crippen molar-refractivity contribution in [2.45, 2.75) is 19.9 Å². The van der Waals surface area contributed by atoms with Crippen LogP contribution < -0.4 is 5.32 Å². The van der Waals surface area contributed by atoms with E-state index in [0.29, 0.717) is 12.1 Å². The number of fused-ring (bicyclic) bond motifs is 1. The molecule has 5 heteroatoms. The monoisotopic (exact) mass is 285 g/mol. The van der Waals surface area contributed by atoms with Crippen molar-refractivity contribution in [3.05, 3.63) is 52.1 Å². The molecule has 4 nitrogen and oxygen atoms in total. The Morgan fingerprint density at radius 3 is 3.10 bits per heavy atom. The SMILES string of the molecule is CCc1cnc(CNC(=O)c2ccc3[nH]ccc3c2)s1. The van der Waals surface area contributed by atoms with Crippen LogP contribution in [-0.2, 0) is 13.0 Å². The number of thiazole rings is 1. The van der Waals surface area contributed by atoms with E-state index in [0.717, 1.165) is 22.3 Å². The van der Waals surface area contributed by atoms with Crippen LogP contribution in [0.3, 0.4) is 0 Å². The first-order valence-corrected chi connectivity index (χ1v) is 7.37. The Balaban J connectivity index is 1.69. The van der Waals surface area contributed by atoms with Gasteiger partial charge in [0.2, 0.25) is 0 Å². The summed E-state index contributed by atoms with van der Waals surface area (Å²) in [6.07, 6.45) is 4.72. The number of aryl methyl sites for hydroxylation is 1. The third-order valence-electron chi connectivity index (χ3n) is 3.17. The number of H-pyrrole nitrogens is 1. The van der Waals surface area contributed by atoms with Crippen LogP contribution in [0.4, 0.5) is 0 Å². The fourth-order valence-electron chi connectivity index (χ4n) is 2.05. The molecule has 2 N–H and O–H groups in total. The molecule has 3 aromatic rings. The van der Waals surface area contributed by atoms with Crippen molar-refractivity contribution in [1.29, 1.82) is 0 Å². The first-order chi connectivity index (χ1) is 9.76. The molecule has 0 aliphatic heterocycles. The van der Waals surface area contributed by atoms with Crippen molar-refractivity contribution in [2.75, 3.05) is 0 Å². The Labute approximate surface area is 120 Å². The third-order valence-corrected chi connectivity index (χ3v) is 4.31. The van der Waals surface area contributed by atoms with Crippen LogP contribution in [0.2, 0.25) is 0 Å². The van der Waals surface area contributed by atoms with E-state index in [2.05, 4.69) is 22.2 Å². The molecule has 20 heavy (non-hydrogen) atoms. The molecule has 1 amide bonds. The Morgan fingerprint density at radius 2 is 2.30 bits per heavy atom. The Hall–Kier alpha value is -2.14. The minimum absolute atomic E-state index is 0.0682. The molecule has 0 radical (unpaired) electrons. The zero-order valence-electron chi connectivity index (χ0n) is 11.1. The minimum Gasteiger partial charge on any atom is -0.361 e. The van der Waals surface area contributed by atoms with Crippen LogP contribution in [0.5, 0.6) is 0 Å². The molecular weight excluding hydrogens is 270 g/mol.